The Labute approximate surface area is 91.8 Å². The van der Waals surface area contributed by atoms with Crippen molar-refractivity contribution in [1.82, 2.24) is 0 Å². The van der Waals surface area contributed by atoms with Crippen molar-refractivity contribution in [2.24, 2.45) is 0 Å². The molecule has 4 nitrogen and oxygen atoms in total. The van der Waals surface area contributed by atoms with E-state index in [0.717, 1.165) is 19.3 Å². The molecule has 0 unspecified atom stereocenters. The molecule has 0 fully saturated rings. The van der Waals surface area contributed by atoms with Gasteiger partial charge < -0.3 is 14.7 Å². The molecule has 0 rings (SSSR count). The number of unbranched alkanes of at least 4 members (excludes halogenated alkanes) is 6. The van der Waals surface area contributed by atoms with Crippen LogP contribution >= 0.6 is 0 Å². The van der Waals surface area contributed by atoms with Crippen molar-refractivity contribution in [3.05, 3.63) is 0 Å². The van der Waals surface area contributed by atoms with Gasteiger partial charge in [-0.15, -0.1) is 0 Å². The highest BCUT2D eigenvalue weighted by Gasteiger charge is 2.14. The summed E-state index contributed by atoms with van der Waals surface area (Å²) in [6.07, 6.45) is 8.15. The van der Waals surface area contributed by atoms with E-state index in [9.17, 15) is 4.79 Å². The summed E-state index contributed by atoms with van der Waals surface area (Å²) in [4.78, 5) is 10.8. The SMILES string of the molecule is CCCCCCCCCC(=O)OB(O)O. The van der Waals surface area contributed by atoms with E-state index in [-0.39, 0.29) is 6.42 Å². The molecule has 0 aromatic carbocycles. The lowest BCUT2D eigenvalue weighted by Gasteiger charge is -2.03. The molecule has 2 N–H and O–H groups in total. The number of hydrogen-bond donors (Lipinski definition) is 2. The average molecular weight is 216 g/mol. The average Bonchev–Trinajstić information content (AvgIpc) is 2.15. The Morgan fingerprint density at radius 1 is 1.07 bits per heavy atom. The number of rotatable bonds is 9. The minimum absolute atomic E-state index is 0.269. The lowest BCUT2D eigenvalue weighted by Crippen LogP contribution is -2.21. The van der Waals surface area contributed by atoms with Crippen molar-refractivity contribution in [3.8, 4) is 0 Å². The molecule has 0 radical (unpaired) electrons. The lowest BCUT2D eigenvalue weighted by molar-refractivity contribution is -0.137. The zero-order valence-corrected chi connectivity index (χ0v) is 9.45. The van der Waals surface area contributed by atoms with Gasteiger partial charge in [0.25, 0.3) is 5.97 Å². The summed E-state index contributed by atoms with van der Waals surface area (Å²) < 4.78 is 4.17. The van der Waals surface area contributed by atoms with Crippen molar-refractivity contribution < 1.29 is 19.5 Å². The van der Waals surface area contributed by atoms with Crippen LogP contribution in [0, 0.1) is 0 Å². The van der Waals surface area contributed by atoms with Gasteiger partial charge in [0, 0.05) is 6.42 Å². The van der Waals surface area contributed by atoms with E-state index in [2.05, 4.69) is 11.6 Å². The summed E-state index contributed by atoms with van der Waals surface area (Å²) in [5, 5.41) is 16.7. The van der Waals surface area contributed by atoms with Gasteiger partial charge in [-0.25, -0.2) is 0 Å². The van der Waals surface area contributed by atoms with Crippen LogP contribution in [-0.4, -0.2) is 23.3 Å². The molecule has 0 aliphatic heterocycles. The molecule has 0 heterocycles. The summed E-state index contributed by atoms with van der Waals surface area (Å²) in [5.74, 6) is -0.543. The Bertz CT molecular complexity index is 162. The summed E-state index contributed by atoms with van der Waals surface area (Å²) in [5.41, 5.74) is 0. The van der Waals surface area contributed by atoms with Crippen molar-refractivity contribution in [3.63, 3.8) is 0 Å². The van der Waals surface area contributed by atoms with Gasteiger partial charge in [-0.2, -0.15) is 0 Å². The highest BCUT2D eigenvalue weighted by Crippen LogP contribution is 2.08. The molecule has 0 aromatic rings. The van der Waals surface area contributed by atoms with Crippen LogP contribution < -0.4 is 0 Å². The van der Waals surface area contributed by atoms with Crippen molar-refractivity contribution >= 4 is 13.3 Å². The molecular weight excluding hydrogens is 195 g/mol. The Hall–Kier alpha value is -0.545. The highest BCUT2D eigenvalue weighted by atomic mass is 16.6. The van der Waals surface area contributed by atoms with Gasteiger partial charge in [-0.3, -0.25) is 4.79 Å². The largest absolute Gasteiger partial charge is 0.709 e. The predicted molar refractivity (Wildman–Crippen MR) is 58.9 cm³/mol. The molecule has 0 spiro atoms. The van der Waals surface area contributed by atoms with E-state index in [4.69, 9.17) is 10.0 Å². The molecule has 0 aliphatic carbocycles. The summed E-state index contributed by atoms with van der Waals surface area (Å²) in [6.45, 7) is 2.18. The van der Waals surface area contributed by atoms with Crippen LogP contribution in [0.25, 0.3) is 0 Å². The Kier molecular flexibility index (Phi) is 9.63. The second-order valence-electron chi connectivity index (χ2n) is 3.69. The van der Waals surface area contributed by atoms with Crippen LogP contribution in [-0.2, 0) is 9.45 Å². The lowest BCUT2D eigenvalue weighted by atomic mass is 10.1. The van der Waals surface area contributed by atoms with E-state index in [1.165, 1.54) is 25.7 Å². The molecule has 88 valence electrons. The molecule has 0 amide bonds. The van der Waals surface area contributed by atoms with Gasteiger partial charge >= 0.3 is 7.32 Å². The molecule has 5 heteroatoms. The number of hydrogen-bond acceptors (Lipinski definition) is 4. The van der Waals surface area contributed by atoms with Crippen molar-refractivity contribution in [2.75, 3.05) is 0 Å². The van der Waals surface area contributed by atoms with Crippen LogP contribution in [0.1, 0.15) is 58.3 Å². The first kappa shape index (κ1) is 14.5. The van der Waals surface area contributed by atoms with Gasteiger partial charge in [0.1, 0.15) is 0 Å². The van der Waals surface area contributed by atoms with Crippen molar-refractivity contribution in [1.29, 1.82) is 0 Å². The number of carbonyl (C=O) groups excluding carboxylic acids is 1. The molecular formula is C10H21BO4. The maximum atomic E-state index is 10.8. The van der Waals surface area contributed by atoms with E-state index >= 15 is 0 Å². The second-order valence-corrected chi connectivity index (χ2v) is 3.69. The Morgan fingerprint density at radius 2 is 1.60 bits per heavy atom. The molecule has 0 saturated carbocycles. The molecule has 15 heavy (non-hydrogen) atoms. The minimum Gasteiger partial charge on any atom is -0.485 e. The molecule has 0 aliphatic rings. The fourth-order valence-electron chi connectivity index (χ4n) is 1.40. The maximum absolute atomic E-state index is 10.8. The standard InChI is InChI=1S/C10H21BO4/c1-2-3-4-5-6-7-8-9-10(12)15-11(13)14/h13-14H,2-9H2,1H3. The van der Waals surface area contributed by atoms with Gasteiger partial charge in [0.2, 0.25) is 0 Å². The molecule has 0 bridgehead atoms. The number of carbonyl (C=O) groups is 1. The third-order valence-corrected chi connectivity index (χ3v) is 2.22. The van der Waals surface area contributed by atoms with Crippen LogP contribution in [0.15, 0.2) is 0 Å². The molecule has 0 saturated heterocycles. The fraction of sp³-hybridized carbons (Fsp3) is 0.900. The second kappa shape index (κ2) is 9.99. The van der Waals surface area contributed by atoms with Crippen LogP contribution in [0.2, 0.25) is 0 Å². The predicted octanol–water partition coefficient (Wildman–Crippen LogP) is 1.64. The van der Waals surface area contributed by atoms with Gasteiger partial charge in [-0.1, -0.05) is 45.4 Å². The first-order valence-corrected chi connectivity index (χ1v) is 5.72. The molecule has 0 atom stereocenters. The highest BCUT2D eigenvalue weighted by molar-refractivity contribution is 6.35. The van der Waals surface area contributed by atoms with Crippen LogP contribution in [0.3, 0.4) is 0 Å². The summed E-state index contributed by atoms with van der Waals surface area (Å²) in [6, 6.07) is 0. The van der Waals surface area contributed by atoms with Crippen LogP contribution in [0.5, 0.6) is 0 Å². The van der Waals surface area contributed by atoms with Gasteiger partial charge in [-0.05, 0) is 6.42 Å². The summed E-state index contributed by atoms with van der Waals surface area (Å²) >= 11 is 0. The zero-order chi connectivity index (χ0) is 11.5. The monoisotopic (exact) mass is 216 g/mol. The van der Waals surface area contributed by atoms with Gasteiger partial charge in [0.15, 0.2) is 0 Å². The topological polar surface area (TPSA) is 66.8 Å². The van der Waals surface area contributed by atoms with Crippen LogP contribution in [0.4, 0.5) is 0 Å². The Balaban J connectivity index is 3.13. The first-order valence-electron chi connectivity index (χ1n) is 5.72. The Morgan fingerprint density at radius 3 is 2.13 bits per heavy atom. The first-order chi connectivity index (χ1) is 7.16. The zero-order valence-electron chi connectivity index (χ0n) is 9.45. The smallest absolute Gasteiger partial charge is 0.485 e. The third-order valence-electron chi connectivity index (χ3n) is 2.22. The fourth-order valence-corrected chi connectivity index (χ4v) is 1.40. The van der Waals surface area contributed by atoms with E-state index in [1.54, 1.807) is 0 Å². The van der Waals surface area contributed by atoms with E-state index < -0.39 is 13.3 Å². The van der Waals surface area contributed by atoms with Gasteiger partial charge in [0.05, 0.1) is 0 Å². The van der Waals surface area contributed by atoms with Crippen molar-refractivity contribution in [2.45, 2.75) is 58.3 Å². The quantitative estimate of drug-likeness (QED) is 0.454. The normalized spacial score (nSPS) is 10.1. The third kappa shape index (κ3) is 11.4. The summed E-state index contributed by atoms with van der Waals surface area (Å²) in [7, 11) is -1.97. The molecule has 0 aromatic heterocycles. The van der Waals surface area contributed by atoms with E-state index in [1.807, 2.05) is 0 Å². The van der Waals surface area contributed by atoms with E-state index in [0.29, 0.717) is 0 Å². The maximum Gasteiger partial charge on any atom is 0.709 e. The minimum atomic E-state index is -1.97.